The average Bonchev–Trinajstić information content (AvgIpc) is 2.77. The molecule has 5 nitrogen and oxygen atoms in total. The summed E-state index contributed by atoms with van der Waals surface area (Å²) >= 11 is 0. The minimum atomic E-state index is -0.314. The molecular weight excluding hydrogens is 369 g/mol. The Morgan fingerprint density at radius 2 is 1.52 bits per heavy atom. The smallest absolute Gasteiger partial charge is 0.253 e. The molecule has 0 spiro atoms. The van der Waals surface area contributed by atoms with Gasteiger partial charge in [-0.2, -0.15) is 0 Å². The number of carbonyl (C=O) groups is 2. The fraction of sp³-hybridized carbons (Fsp3) is 0.174. The molecular formula is C23H22FN3O2. The number of hydrogen-bond donors (Lipinski definition) is 1. The van der Waals surface area contributed by atoms with Crippen LogP contribution in [0.4, 0.5) is 4.39 Å². The summed E-state index contributed by atoms with van der Waals surface area (Å²) < 4.78 is 12.9. The van der Waals surface area contributed by atoms with Gasteiger partial charge in [-0.25, -0.2) is 4.39 Å². The van der Waals surface area contributed by atoms with Crippen molar-refractivity contribution in [2.24, 2.45) is 0 Å². The second-order valence-corrected chi connectivity index (χ2v) is 6.72. The van der Waals surface area contributed by atoms with Crippen LogP contribution >= 0.6 is 0 Å². The third-order valence-corrected chi connectivity index (χ3v) is 4.59. The molecule has 1 heterocycles. The predicted octanol–water partition coefficient (Wildman–Crippen LogP) is 3.47. The van der Waals surface area contributed by atoms with E-state index in [9.17, 15) is 14.0 Å². The summed E-state index contributed by atoms with van der Waals surface area (Å²) in [6, 6.07) is 16.4. The molecule has 0 bridgehead atoms. The molecule has 0 aliphatic rings. The molecule has 6 heteroatoms. The van der Waals surface area contributed by atoms with Gasteiger partial charge in [0.1, 0.15) is 5.82 Å². The number of benzene rings is 2. The molecule has 1 aromatic heterocycles. The van der Waals surface area contributed by atoms with Gasteiger partial charge in [-0.3, -0.25) is 14.6 Å². The second-order valence-electron chi connectivity index (χ2n) is 6.72. The molecule has 0 saturated carbocycles. The molecule has 0 unspecified atom stereocenters. The molecule has 3 aromatic rings. The van der Waals surface area contributed by atoms with Gasteiger partial charge >= 0.3 is 0 Å². The number of likely N-dealkylation sites (N-methyl/N-ethyl adjacent to an activating group) is 1. The monoisotopic (exact) mass is 391 g/mol. The van der Waals surface area contributed by atoms with Gasteiger partial charge in [0.2, 0.25) is 0 Å². The molecule has 0 aliphatic heterocycles. The number of carbonyl (C=O) groups excluding carboxylic acids is 2. The third-order valence-electron chi connectivity index (χ3n) is 4.59. The van der Waals surface area contributed by atoms with E-state index in [0.29, 0.717) is 24.2 Å². The molecule has 29 heavy (non-hydrogen) atoms. The van der Waals surface area contributed by atoms with Crippen molar-refractivity contribution in [1.82, 2.24) is 15.2 Å². The van der Waals surface area contributed by atoms with Crippen LogP contribution in [0.3, 0.4) is 0 Å². The first-order valence-electron chi connectivity index (χ1n) is 9.30. The Hall–Kier alpha value is -3.54. The van der Waals surface area contributed by atoms with Gasteiger partial charge < -0.3 is 10.2 Å². The van der Waals surface area contributed by atoms with Gasteiger partial charge in [-0.15, -0.1) is 0 Å². The molecule has 148 valence electrons. The Labute approximate surface area is 169 Å². The van der Waals surface area contributed by atoms with Crippen LogP contribution in [-0.4, -0.2) is 35.3 Å². The minimum Gasteiger partial charge on any atom is -0.348 e. The highest BCUT2D eigenvalue weighted by molar-refractivity contribution is 5.97. The normalized spacial score (nSPS) is 10.4. The zero-order valence-electron chi connectivity index (χ0n) is 16.1. The van der Waals surface area contributed by atoms with Gasteiger partial charge in [0.05, 0.1) is 0 Å². The van der Waals surface area contributed by atoms with Crippen molar-refractivity contribution >= 4 is 11.8 Å². The number of halogens is 1. The van der Waals surface area contributed by atoms with Gasteiger partial charge in [-0.05, 0) is 66.1 Å². The highest BCUT2D eigenvalue weighted by Gasteiger charge is 2.13. The van der Waals surface area contributed by atoms with E-state index in [1.54, 1.807) is 60.7 Å². The van der Waals surface area contributed by atoms with Crippen LogP contribution < -0.4 is 5.32 Å². The lowest BCUT2D eigenvalue weighted by Crippen LogP contribution is -2.29. The lowest BCUT2D eigenvalue weighted by Gasteiger charge is -2.17. The number of nitrogens with one attached hydrogen (secondary N) is 1. The lowest BCUT2D eigenvalue weighted by atomic mass is 10.1. The van der Waals surface area contributed by atoms with Crippen molar-refractivity contribution in [2.45, 2.75) is 13.0 Å². The standard InChI is InChI=1S/C23H22FN3O2/c1-27(15-12-17-10-13-25-14-11-17)23(29)20-6-4-19(5-7-20)22(28)26-16-18-2-8-21(24)9-3-18/h2-11,13-14H,12,15-16H2,1H3,(H,26,28). The van der Waals surface area contributed by atoms with E-state index in [-0.39, 0.29) is 17.6 Å². The van der Waals surface area contributed by atoms with Gasteiger partial charge in [0.25, 0.3) is 11.8 Å². The zero-order chi connectivity index (χ0) is 20.6. The maximum Gasteiger partial charge on any atom is 0.253 e. The molecule has 0 radical (unpaired) electrons. The first-order valence-corrected chi connectivity index (χ1v) is 9.30. The number of amides is 2. The maximum absolute atomic E-state index is 12.9. The number of nitrogens with zero attached hydrogens (tertiary/aromatic N) is 2. The van der Waals surface area contributed by atoms with Crippen LogP contribution in [0.5, 0.6) is 0 Å². The molecule has 0 aliphatic carbocycles. The van der Waals surface area contributed by atoms with Crippen LogP contribution in [0.1, 0.15) is 31.8 Å². The summed E-state index contributed by atoms with van der Waals surface area (Å²) in [4.78, 5) is 30.5. The first-order chi connectivity index (χ1) is 14.0. The van der Waals surface area contributed by atoms with Gasteiger partial charge in [0, 0.05) is 43.7 Å². The SMILES string of the molecule is CN(CCc1ccncc1)C(=O)c1ccc(C(=O)NCc2ccc(F)cc2)cc1. The molecule has 2 aromatic carbocycles. The Bertz CT molecular complexity index is 958. The highest BCUT2D eigenvalue weighted by Crippen LogP contribution is 2.09. The van der Waals surface area contributed by atoms with Crippen LogP contribution in [0.15, 0.2) is 73.1 Å². The lowest BCUT2D eigenvalue weighted by molar-refractivity contribution is 0.0795. The molecule has 0 atom stereocenters. The molecule has 1 N–H and O–H groups in total. The fourth-order valence-electron chi connectivity index (χ4n) is 2.82. The van der Waals surface area contributed by atoms with Crippen molar-refractivity contribution in [2.75, 3.05) is 13.6 Å². The van der Waals surface area contributed by atoms with Crippen LogP contribution in [0.25, 0.3) is 0 Å². The molecule has 0 fully saturated rings. The maximum atomic E-state index is 12.9. The van der Waals surface area contributed by atoms with Crippen molar-refractivity contribution in [3.63, 3.8) is 0 Å². The Morgan fingerprint density at radius 1 is 0.897 bits per heavy atom. The van der Waals surface area contributed by atoms with Crippen LogP contribution in [-0.2, 0) is 13.0 Å². The van der Waals surface area contributed by atoms with Crippen molar-refractivity contribution in [3.05, 3.63) is 101 Å². The van der Waals surface area contributed by atoms with Crippen LogP contribution in [0.2, 0.25) is 0 Å². The van der Waals surface area contributed by atoms with Gasteiger partial charge in [-0.1, -0.05) is 12.1 Å². The van der Waals surface area contributed by atoms with E-state index in [1.165, 1.54) is 12.1 Å². The molecule has 2 amide bonds. The number of rotatable bonds is 7. The molecule has 3 rings (SSSR count). The Balaban J connectivity index is 1.53. The van der Waals surface area contributed by atoms with Crippen molar-refractivity contribution in [3.8, 4) is 0 Å². The summed E-state index contributed by atoms with van der Waals surface area (Å²) in [5, 5.41) is 2.78. The number of aromatic nitrogens is 1. The van der Waals surface area contributed by atoms with E-state index >= 15 is 0 Å². The summed E-state index contributed by atoms with van der Waals surface area (Å²) in [6.07, 6.45) is 4.21. The van der Waals surface area contributed by atoms with Crippen LogP contribution in [0, 0.1) is 5.82 Å². The highest BCUT2D eigenvalue weighted by atomic mass is 19.1. The fourth-order valence-corrected chi connectivity index (χ4v) is 2.82. The topological polar surface area (TPSA) is 62.3 Å². The zero-order valence-corrected chi connectivity index (χ0v) is 16.1. The number of pyridine rings is 1. The third kappa shape index (κ3) is 5.72. The quantitative estimate of drug-likeness (QED) is 0.671. The van der Waals surface area contributed by atoms with E-state index in [1.807, 2.05) is 12.1 Å². The summed E-state index contributed by atoms with van der Waals surface area (Å²) in [6.45, 7) is 0.889. The molecule has 0 saturated heterocycles. The van der Waals surface area contributed by atoms with Crippen molar-refractivity contribution < 1.29 is 14.0 Å². The second kappa shape index (κ2) is 9.59. The Morgan fingerprint density at radius 3 is 2.17 bits per heavy atom. The van der Waals surface area contributed by atoms with E-state index in [0.717, 1.165) is 17.5 Å². The summed E-state index contributed by atoms with van der Waals surface area (Å²) in [7, 11) is 1.76. The Kier molecular flexibility index (Phi) is 6.68. The van der Waals surface area contributed by atoms with E-state index in [4.69, 9.17) is 0 Å². The van der Waals surface area contributed by atoms with Gasteiger partial charge in [0.15, 0.2) is 0 Å². The largest absolute Gasteiger partial charge is 0.348 e. The van der Waals surface area contributed by atoms with E-state index < -0.39 is 0 Å². The van der Waals surface area contributed by atoms with E-state index in [2.05, 4.69) is 10.3 Å². The average molecular weight is 391 g/mol. The summed E-state index contributed by atoms with van der Waals surface area (Å²) in [5.41, 5.74) is 2.91. The first kappa shape index (κ1) is 20.2. The number of hydrogen-bond acceptors (Lipinski definition) is 3. The minimum absolute atomic E-state index is 0.0997. The summed E-state index contributed by atoms with van der Waals surface area (Å²) in [5.74, 6) is -0.664. The predicted molar refractivity (Wildman–Crippen MR) is 109 cm³/mol. The van der Waals surface area contributed by atoms with Crippen molar-refractivity contribution in [1.29, 1.82) is 0 Å².